The normalized spacial score (nSPS) is 20.8. The van der Waals surface area contributed by atoms with Gasteiger partial charge >= 0.3 is 12.0 Å². The van der Waals surface area contributed by atoms with Crippen molar-refractivity contribution in [3.8, 4) is 0 Å². The van der Waals surface area contributed by atoms with E-state index in [2.05, 4.69) is 5.32 Å². The molecular weight excluding hydrogens is 378 g/mol. The standard InChI is InChI=1S/C20H23N3O6/c24-16(22-20(28)21-10-13-6-2-1-3-7-13)12-29-17(25)11-23-18(26)14-8-4-5-9-15(14)19(23)27/h1-3,6-7,14-15H,4-5,8-12H2,(H2,21,22,24,28). The highest BCUT2D eigenvalue weighted by Crippen LogP contribution is 2.37. The van der Waals surface area contributed by atoms with E-state index in [1.54, 1.807) is 0 Å². The SMILES string of the molecule is O=C(COC(=O)CN1C(=O)C2CCCCC2C1=O)NC(=O)NCc1ccccc1. The van der Waals surface area contributed by atoms with Crippen molar-refractivity contribution in [2.24, 2.45) is 11.8 Å². The van der Waals surface area contributed by atoms with Crippen LogP contribution in [0.1, 0.15) is 31.2 Å². The molecule has 1 aromatic rings. The van der Waals surface area contributed by atoms with E-state index in [1.165, 1.54) is 0 Å². The lowest BCUT2D eigenvalue weighted by molar-refractivity contribution is -0.154. The number of fused-ring (bicyclic) bond motifs is 1. The smallest absolute Gasteiger partial charge is 0.326 e. The van der Waals surface area contributed by atoms with Gasteiger partial charge < -0.3 is 10.1 Å². The van der Waals surface area contributed by atoms with Gasteiger partial charge in [0.15, 0.2) is 6.61 Å². The van der Waals surface area contributed by atoms with Gasteiger partial charge in [-0.05, 0) is 18.4 Å². The van der Waals surface area contributed by atoms with E-state index in [0.29, 0.717) is 12.8 Å². The van der Waals surface area contributed by atoms with Crippen molar-refractivity contribution in [1.29, 1.82) is 0 Å². The van der Waals surface area contributed by atoms with Crippen LogP contribution < -0.4 is 10.6 Å². The number of nitrogens with zero attached hydrogens (tertiary/aromatic N) is 1. The molecule has 1 aromatic carbocycles. The number of urea groups is 1. The van der Waals surface area contributed by atoms with E-state index in [4.69, 9.17) is 4.74 Å². The van der Waals surface area contributed by atoms with Crippen LogP contribution >= 0.6 is 0 Å². The molecule has 2 N–H and O–H groups in total. The molecule has 5 amide bonds. The molecule has 0 bridgehead atoms. The topological polar surface area (TPSA) is 122 Å². The average molecular weight is 401 g/mol. The number of hydrogen-bond donors (Lipinski definition) is 2. The number of esters is 1. The lowest BCUT2D eigenvalue weighted by Crippen LogP contribution is -2.42. The van der Waals surface area contributed by atoms with Crippen LogP contribution in [0.3, 0.4) is 0 Å². The highest BCUT2D eigenvalue weighted by molar-refractivity contribution is 6.07. The Kier molecular flexibility index (Phi) is 6.58. The first-order valence-corrected chi connectivity index (χ1v) is 9.58. The molecule has 9 nitrogen and oxygen atoms in total. The van der Waals surface area contributed by atoms with Crippen molar-refractivity contribution < 1.29 is 28.7 Å². The van der Waals surface area contributed by atoms with Crippen LogP contribution in [0, 0.1) is 11.8 Å². The monoisotopic (exact) mass is 401 g/mol. The first-order chi connectivity index (χ1) is 14.0. The lowest BCUT2D eigenvalue weighted by atomic mass is 9.81. The molecule has 1 aliphatic carbocycles. The number of benzene rings is 1. The fourth-order valence-corrected chi connectivity index (χ4v) is 3.69. The summed E-state index contributed by atoms with van der Waals surface area (Å²) in [5.41, 5.74) is 0.863. The van der Waals surface area contributed by atoms with Crippen LogP contribution in [0.15, 0.2) is 30.3 Å². The van der Waals surface area contributed by atoms with E-state index >= 15 is 0 Å². The quantitative estimate of drug-likeness (QED) is 0.535. The van der Waals surface area contributed by atoms with Crippen molar-refractivity contribution in [2.75, 3.05) is 13.2 Å². The summed E-state index contributed by atoms with van der Waals surface area (Å²) in [6.45, 7) is -0.958. The Morgan fingerprint density at radius 1 is 1.00 bits per heavy atom. The van der Waals surface area contributed by atoms with Gasteiger partial charge in [0.1, 0.15) is 6.54 Å². The maximum Gasteiger partial charge on any atom is 0.326 e. The van der Waals surface area contributed by atoms with Crippen molar-refractivity contribution in [3.63, 3.8) is 0 Å². The number of carbonyl (C=O) groups is 5. The van der Waals surface area contributed by atoms with Crippen molar-refractivity contribution in [2.45, 2.75) is 32.2 Å². The zero-order valence-corrected chi connectivity index (χ0v) is 15.9. The first kappa shape index (κ1) is 20.5. The Balaban J connectivity index is 1.38. The van der Waals surface area contributed by atoms with Gasteiger partial charge in [0.25, 0.3) is 5.91 Å². The summed E-state index contributed by atoms with van der Waals surface area (Å²) < 4.78 is 4.80. The minimum absolute atomic E-state index is 0.237. The molecular formula is C20H23N3O6. The molecule has 2 aliphatic rings. The summed E-state index contributed by atoms with van der Waals surface area (Å²) in [5.74, 6) is -3.06. The molecule has 2 unspecified atom stereocenters. The summed E-state index contributed by atoms with van der Waals surface area (Å²) in [7, 11) is 0. The van der Waals surface area contributed by atoms with Crippen LogP contribution in [-0.4, -0.2) is 47.8 Å². The summed E-state index contributed by atoms with van der Waals surface area (Å²) in [4.78, 5) is 61.0. The minimum Gasteiger partial charge on any atom is -0.454 e. The van der Waals surface area contributed by atoms with E-state index in [9.17, 15) is 24.0 Å². The zero-order valence-electron chi connectivity index (χ0n) is 15.9. The molecule has 29 heavy (non-hydrogen) atoms. The Labute approximate surface area is 167 Å². The second kappa shape index (κ2) is 9.31. The molecule has 2 atom stereocenters. The van der Waals surface area contributed by atoms with Crippen molar-refractivity contribution >= 4 is 29.7 Å². The Morgan fingerprint density at radius 2 is 1.62 bits per heavy atom. The Hall–Kier alpha value is -3.23. The lowest BCUT2D eigenvalue weighted by Gasteiger charge is -2.19. The molecule has 0 radical (unpaired) electrons. The van der Waals surface area contributed by atoms with E-state index in [-0.39, 0.29) is 30.2 Å². The number of imide groups is 2. The van der Waals surface area contributed by atoms with Crippen LogP contribution in [0.25, 0.3) is 0 Å². The molecule has 1 aliphatic heterocycles. The number of nitrogens with one attached hydrogen (secondary N) is 2. The third-order valence-corrected chi connectivity index (χ3v) is 5.13. The number of ether oxygens (including phenoxy) is 1. The molecule has 3 rings (SSSR count). The highest BCUT2D eigenvalue weighted by atomic mass is 16.5. The predicted molar refractivity (Wildman–Crippen MR) is 99.9 cm³/mol. The van der Waals surface area contributed by atoms with E-state index < -0.39 is 31.1 Å². The third-order valence-electron chi connectivity index (χ3n) is 5.13. The number of rotatable bonds is 6. The van der Waals surface area contributed by atoms with Gasteiger partial charge in [0.05, 0.1) is 11.8 Å². The third kappa shape index (κ3) is 5.18. The summed E-state index contributed by atoms with van der Waals surface area (Å²) >= 11 is 0. The van der Waals surface area contributed by atoms with Gasteiger partial charge in [-0.2, -0.15) is 0 Å². The molecule has 154 valence electrons. The first-order valence-electron chi connectivity index (χ1n) is 9.58. The maximum atomic E-state index is 12.3. The van der Waals surface area contributed by atoms with E-state index in [0.717, 1.165) is 23.3 Å². The molecule has 2 fully saturated rings. The zero-order chi connectivity index (χ0) is 20.8. The highest BCUT2D eigenvalue weighted by Gasteiger charge is 2.48. The molecule has 1 saturated heterocycles. The number of amides is 5. The van der Waals surface area contributed by atoms with Gasteiger partial charge in [-0.3, -0.25) is 29.4 Å². The Morgan fingerprint density at radius 3 is 2.24 bits per heavy atom. The molecule has 1 heterocycles. The van der Waals surface area contributed by atoms with E-state index in [1.807, 2.05) is 35.6 Å². The van der Waals surface area contributed by atoms with Gasteiger partial charge in [0, 0.05) is 6.54 Å². The van der Waals surface area contributed by atoms with Crippen LogP contribution in [0.5, 0.6) is 0 Å². The molecule has 1 saturated carbocycles. The summed E-state index contributed by atoms with van der Waals surface area (Å²) in [6.07, 6.45) is 3.10. The average Bonchev–Trinajstić information content (AvgIpc) is 2.97. The number of carbonyl (C=O) groups excluding carboxylic acids is 5. The van der Waals surface area contributed by atoms with Crippen LogP contribution in [0.4, 0.5) is 4.79 Å². The van der Waals surface area contributed by atoms with Crippen molar-refractivity contribution in [3.05, 3.63) is 35.9 Å². The van der Waals surface area contributed by atoms with Crippen LogP contribution in [-0.2, 0) is 30.5 Å². The summed E-state index contributed by atoms with van der Waals surface area (Å²) in [6, 6.07) is 8.42. The fourth-order valence-electron chi connectivity index (χ4n) is 3.69. The van der Waals surface area contributed by atoms with Gasteiger partial charge in [-0.1, -0.05) is 43.2 Å². The van der Waals surface area contributed by atoms with Gasteiger partial charge in [0.2, 0.25) is 11.8 Å². The molecule has 9 heteroatoms. The number of likely N-dealkylation sites (tertiary alicyclic amines) is 1. The second-order valence-electron chi connectivity index (χ2n) is 7.14. The largest absolute Gasteiger partial charge is 0.454 e. The van der Waals surface area contributed by atoms with Crippen molar-refractivity contribution in [1.82, 2.24) is 15.5 Å². The van der Waals surface area contributed by atoms with Crippen LogP contribution in [0.2, 0.25) is 0 Å². The molecule has 0 spiro atoms. The number of hydrogen-bond acceptors (Lipinski definition) is 6. The second-order valence-corrected chi connectivity index (χ2v) is 7.14. The predicted octanol–water partition coefficient (Wildman–Crippen LogP) is 0.731. The van der Waals surface area contributed by atoms with Gasteiger partial charge in [-0.25, -0.2) is 4.79 Å². The molecule has 0 aromatic heterocycles. The maximum absolute atomic E-state index is 12.3. The Bertz CT molecular complexity index is 786. The minimum atomic E-state index is -0.870. The fraction of sp³-hybridized carbons (Fsp3) is 0.450. The summed E-state index contributed by atoms with van der Waals surface area (Å²) in [5, 5.41) is 4.55. The van der Waals surface area contributed by atoms with Gasteiger partial charge in [-0.15, -0.1) is 0 Å².